The van der Waals surface area contributed by atoms with Crippen LogP contribution in [0.1, 0.15) is 32.0 Å². The highest BCUT2D eigenvalue weighted by Crippen LogP contribution is 2.26. The SMILES string of the molecule is Cc1ncc(C(C)(C)C)cc1N=C=O. The number of aryl methyl sites for hydroxylation is 1. The Bertz CT molecular complexity index is 385. The van der Waals surface area contributed by atoms with E-state index in [9.17, 15) is 4.79 Å². The molecule has 14 heavy (non-hydrogen) atoms. The van der Waals surface area contributed by atoms with E-state index in [-0.39, 0.29) is 5.41 Å². The highest BCUT2D eigenvalue weighted by atomic mass is 16.1. The van der Waals surface area contributed by atoms with E-state index in [2.05, 4.69) is 30.7 Å². The third-order valence-electron chi connectivity index (χ3n) is 2.09. The summed E-state index contributed by atoms with van der Waals surface area (Å²) in [6.07, 6.45) is 3.36. The Labute approximate surface area is 83.9 Å². The zero-order valence-electron chi connectivity index (χ0n) is 8.96. The summed E-state index contributed by atoms with van der Waals surface area (Å²) in [5, 5.41) is 0. The maximum atomic E-state index is 10.2. The van der Waals surface area contributed by atoms with Gasteiger partial charge >= 0.3 is 0 Å². The third kappa shape index (κ3) is 2.27. The van der Waals surface area contributed by atoms with Crippen LogP contribution in [-0.4, -0.2) is 11.1 Å². The van der Waals surface area contributed by atoms with Crippen molar-refractivity contribution in [1.29, 1.82) is 0 Å². The zero-order chi connectivity index (χ0) is 10.8. The summed E-state index contributed by atoms with van der Waals surface area (Å²) in [5.74, 6) is 0. The average molecular weight is 190 g/mol. The molecule has 1 heterocycles. The number of isocyanates is 1. The van der Waals surface area contributed by atoms with Crippen LogP contribution in [0.4, 0.5) is 5.69 Å². The maximum Gasteiger partial charge on any atom is 0.240 e. The van der Waals surface area contributed by atoms with Crippen molar-refractivity contribution < 1.29 is 4.79 Å². The predicted molar refractivity (Wildman–Crippen MR) is 55.5 cm³/mol. The second-order valence-corrected chi connectivity index (χ2v) is 4.28. The van der Waals surface area contributed by atoms with Gasteiger partial charge in [0.15, 0.2) is 0 Å². The largest absolute Gasteiger partial charge is 0.259 e. The lowest BCUT2D eigenvalue weighted by atomic mass is 9.88. The Morgan fingerprint density at radius 1 is 1.43 bits per heavy atom. The molecular formula is C11H14N2O. The minimum atomic E-state index is 0.0217. The maximum absolute atomic E-state index is 10.2. The van der Waals surface area contributed by atoms with Crippen molar-refractivity contribution >= 4 is 11.8 Å². The molecule has 0 aromatic carbocycles. The summed E-state index contributed by atoms with van der Waals surface area (Å²) in [7, 11) is 0. The van der Waals surface area contributed by atoms with E-state index in [0.717, 1.165) is 11.3 Å². The lowest BCUT2D eigenvalue weighted by molar-refractivity contribution is 0.565. The molecule has 0 N–H and O–H groups in total. The number of aliphatic imine (C=N–C) groups is 1. The summed E-state index contributed by atoms with van der Waals surface area (Å²) in [5.41, 5.74) is 2.44. The summed E-state index contributed by atoms with van der Waals surface area (Å²) in [6.45, 7) is 8.10. The van der Waals surface area contributed by atoms with Crippen LogP contribution >= 0.6 is 0 Å². The highest BCUT2D eigenvalue weighted by Gasteiger charge is 2.15. The van der Waals surface area contributed by atoms with Crippen LogP contribution < -0.4 is 0 Å². The van der Waals surface area contributed by atoms with Crippen LogP contribution in [0, 0.1) is 6.92 Å². The molecule has 1 aromatic heterocycles. The van der Waals surface area contributed by atoms with Gasteiger partial charge in [0.25, 0.3) is 0 Å². The van der Waals surface area contributed by atoms with Gasteiger partial charge in [-0.2, -0.15) is 4.99 Å². The van der Waals surface area contributed by atoms with Crippen LogP contribution in [0.5, 0.6) is 0 Å². The number of rotatable bonds is 1. The van der Waals surface area contributed by atoms with Gasteiger partial charge < -0.3 is 0 Å². The normalized spacial score (nSPS) is 10.9. The van der Waals surface area contributed by atoms with Crippen LogP contribution in [0.3, 0.4) is 0 Å². The van der Waals surface area contributed by atoms with Gasteiger partial charge in [0, 0.05) is 6.20 Å². The molecule has 0 radical (unpaired) electrons. The molecular weight excluding hydrogens is 176 g/mol. The molecule has 0 amide bonds. The third-order valence-corrected chi connectivity index (χ3v) is 2.09. The van der Waals surface area contributed by atoms with Crippen molar-refractivity contribution in [1.82, 2.24) is 4.98 Å². The molecule has 74 valence electrons. The van der Waals surface area contributed by atoms with Crippen LogP contribution in [0.25, 0.3) is 0 Å². The first-order valence-electron chi connectivity index (χ1n) is 4.50. The van der Waals surface area contributed by atoms with E-state index in [0.29, 0.717) is 5.69 Å². The van der Waals surface area contributed by atoms with Gasteiger partial charge in [-0.25, -0.2) is 4.79 Å². The first-order chi connectivity index (χ1) is 6.45. The lowest BCUT2D eigenvalue weighted by Gasteiger charge is -2.18. The number of pyridine rings is 1. The molecule has 0 saturated heterocycles. The molecule has 0 aliphatic rings. The van der Waals surface area contributed by atoms with E-state index in [1.807, 2.05) is 19.2 Å². The summed E-state index contributed by atoms with van der Waals surface area (Å²) < 4.78 is 0. The van der Waals surface area contributed by atoms with Crippen molar-refractivity contribution in [2.75, 3.05) is 0 Å². The number of hydrogen-bond donors (Lipinski definition) is 0. The summed E-state index contributed by atoms with van der Waals surface area (Å²) >= 11 is 0. The molecule has 0 atom stereocenters. The fraction of sp³-hybridized carbons (Fsp3) is 0.455. The van der Waals surface area contributed by atoms with Gasteiger partial charge in [-0.1, -0.05) is 20.8 Å². The van der Waals surface area contributed by atoms with Crippen LogP contribution in [-0.2, 0) is 10.2 Å². The Kier molecular flexibility index (Phi) is 2.82. The fourth-order valence-corrected chi connectivity index (χ4v) is 1.09. The molecule has 0 aliphatic heterocycles. The van der Waals surface area contributed by atoms with Crippen molar-refractivity contribution in [3.05, 3.63) is 23.5 Å². The van der Waals surface area contributed by atoms with E-state index in [1.165, 1.54) is 6.08 Å². The molecule has 0 bridgehead atoms. The van der Waals surface area contributed by atoms with E-state index in [4.69, 9.17) is 0 Å². The number of aromatic nitrogens is 1. The molecule has 3 heteroatoms. The van der Waals surface area contributed by atoms with Crippen molar-refractivity contribution in [2.45, 2.75) is 33.1 Å². The van der Waals surface area contributed by atoms with E-state index in [1.54, 1.807) is 0 Å². The second-order valence-electron chi connectivity index (χ2n) is 4.28. The summed E-state index contributed by atoms with van der Waals surface area (Å²) in [4.78, 5) is 18.0. The van der Waals surface area contributed by atoms with Crippen molar-refractivity contribution in [3.8, 4) is 0 Å². The Morgan fingerprint density at radius 3 is 2.57 bits per heavy atom. The molecule has 0 saturated carbocycles. The van der Waals surface area contributed by atoms with E-state index >= 15 is 0 Å². The fourth-order valence-electron chi connectivity index (χ4n) is 1.09. The number of carbonyl (C=O) groups excluding carboxylic acids is 1. The molecule has 3 nitrogen and oxygen atoms in total. The monoisotopic (exact) mass is 190 g/mol. The predicted octanol–water partition coefficient (Wildman–Crippen LogP) is 2.65. The van der Waals surface area contributed by atoms with Gasteiger partial charge in [-0.15, -0.1) is 0 Å². The van der Waals surface area contributed by atoms with Gasteiger partial charge in [0.1, 0.15) is 0 Å². The zero-order valence-corrected chi connectivity index (χ0v) is 8.96. The molecule has 0 aliphatic carbocycles. The van der Waals surface area contributed by atoms with Gasteiger partial charge in [0.2, 0.25) is 6.08 Å². The second kappa shape index (κ2) is 3.72. The number of nitrogens with zero attached hydrogens (tertiary/aromatic N) is 2. The topological polar surface area (TPSA) is 42.3 Å². The average Bonchev–Trinajstić information content (AvgIpc) is 2.07. The number of hydrogen-bond acceptors (Lipinski definition) is 3. The molecule has 0 unspecified atom stereocenters. The first kappa shape index (κ1) is 10.6. The molecule has 0 spiro atoms. The minimum absolute atomic E-state index is 0.0217. The van der Waals surface area contributed by atoms with Gasteiger partial charge in [-0.05, 0) is 24.0 Å². The van der Waals surface area contributed by atoms with Gasteiger partial charge in [0.05, 0.1) is 11.4 Å². The van der Waals surface area contributed by atoms with Crippen molar-refractivity contribution in [2.24, 2.45) is 4.99 Å². The molecule has 1 aromatic rings. The van der Waals surface area contributed by atoms with Crippen LogP contribution in [0.15, 0.2) is 17.3 Å². The quantitative estimate of drug-likeness (QED) is 0.504. The Balaban J connectivity index is 3.26. The van der Waals surface area contributed by atoms with Crippen molar-refractivity contribution in [3.63, 3.8) is 0 Å². The molecule has 0 fully saturated rings. The van der Waals surface area contributed by atoms with Crippen LogP contribution in [0.2, 0.25) is 0 Å². The Morgan fingerprint density at radius 2 is 2.07 bits per heavy atom. The molecule has 1 rings (SSSR count). The van der Waals surface area contributed by atoms with Gasteiger partial charge in [-0.3, -0.25) is 4.98 Å². The minimum Gasteiger partial charge on any atom is -0.259 e. The standard InChI is InChI=1S/C11H14N2O/c1-8-10(13-7-14)5-9(6-12-8)11(2,3)4/h5-6H,1-4H3. The smallest absolute Gasteiger partial charge is 0.240 e. The lowest BCUT2D eigenvalue weighted by Crippen LogP contribution is -2.11. The highest BCUT2D eigenvalue weighted by molar-refractivity contribution is 5.52. The van der Waals surface area contributed by atoms with E-state index < -0.39 is 0 Å². The summed E-state index contributed by atoms with van der Waals surface area (Å²) in [6, 6.07) is 1.88. The first-order valence-corrected chi connectivity index (χ1v) is 4.50. The Hall–Kier alpha value is -1.47.